The minimum absolute atomic E-state index is 1.01. The molecule has 1 aliphatic rings. The van der Waals surface area contributed by atoms with Crippen molar-refractivity contribution in [1.29, 1.82) is 0 Å². The number of aryl methyl sites for hydroxylation is 1. The Kier molecular flexibility index (Phi) is 1.27. The van der Waals surface area contributed by atoms with Crippen molar-refractivity contribution in [2.45, 2.75) is 6.92 Å². The van der Waals surface area contributed by atoms with Gasteiger partial charge in [0.25, 0.3) is 0 Å². The van der Waals surface area contributed by atoms with E-state index in [1.54, 1.807) is 0 Å². The molecule has 0 fully saturated rings. The molecule has 1 aromatic heterocycles. The molecule has 0 saturated heterocycles. The number of fused-ring (bicyclic) bond motifs is 1. The lowest BCUT2D eigenvalue weighted by Crippen LogP contribution is -2.19. The topological polar surface area (TPSA) is 37.0 Å². The third kappa shape index (κ3) is 0.759. The first-order chi connectivity index (χ1) is 4.88. The average Bonchev–Trinajstić information content (AvgIpc) is 2.34. The molecule has 0 unspecified atom stereocenters. The van der Waals surface area contributed by atoms with E-state index in [1.165, 1.54) is 22.2 Å². The lowest BCUT2D eigenvalue weighted by Gasteiger charge is -2.14. The molecular formula is C6H9N3S. The van der Waals surface area contributed by atoms with Gasteiger partial charge in [-0.25, -0.2) is 0 Å². The smallest absolute Gasteiger partial charge is 0.133 e. The normalized spacial score (nSPS) is 15.3. The van der Waals surface area contributed by atoms with E-state index in [2.05, 4.69) is 15.0 Å². The molecule has 0 radical (unpaired) electrons. The van der Waals surface area contributed by atoms with Gasteiger partial charge in [-0.05, 0) is 18.5 Å². The molecule has 0 saturated carbocycles. The van der Waals surface area contributed by atoms with Crippen LogP contribution in [0.1, 0.15) is 5.69 Å². The summed E-state index contributed by atoms with van der Waals surface area (Å²) in [5.74, 6) is 0. The lowest BCUT2D eigenvalue weighted by molar-refractivity contribution is 1.05. The van der Waals surface area contributed by atoms with Crippen LogP contribution in [0.4, 0.5) is 10.7 Å². The van der Waals surface area contributed by atoms with Crippen molar-refractivity contribution in [3.05, 3.63) is 5.69 Å². The first-order valence-corrected chi connectivity index (χ1v) is 4.09. The number of aromatic nitrogens is 1. The highest BCUT2D eigenvalue weighted by Gasteiger charge is 2.12. The molecule has 2 heterocycles. The van der Waals surface area contributed by atoms with Gasteiger partial charge in [0.2, 0.25) is 0 Å². The average molecular weight is 155 g/mol. The fraction of sp³-hybridized carbons (Fsp3) is 0.500. The van der Waals surface area contributed by atoms with Crippen molar-refractivity contribution >= 4 is 22.2 Å². The lowest BCUT2D eigenvalue weighted by atomic mass is 10.3. The van der Waals surface area contributed by atoms with Crippen LogP contribution in [0, 0.1) is 6.92 Å². The Hall–Kier alpha value is -0.770. The van der Waals surface area contributed by atoms with Crippen LogP contribution in [0.15, 0.2) is 0 Å². The first-order valence-electron chi connectivity index (χ1n) is 3.32. The Morgan fingerprint density at radius 2 is 2.20 bits per heavy atom. The summed E-state index contributed by atoms with van der Waals surface area (Å²) in [6.45, 7) is 4.04. The summed E-state index contributed by atoms with van der Waals surface area (Å²) in [6, 6.07) is 0. The zero-order valence-electron chi connectivity index (χ0n) is 5.77. The van der Waals surface area contributed by atoms with E-state index in [-0.39, 0.29) is 0 Å². The number of rotatable bonds is 0. The summed E-state index contributed by atoms with van der Waals surface area (Å²) >= 11 is 1.53. The van der Waals surface area contributed by atoms with E-state index in [0.29, 0.717) is 0 Å². The van der Waals surface area contributed by atoms with Crippen molar-refractivity contribution in [2.24, 2.45) is 0 Å². The zero-order chi connectivity index (χ0) is 6.97. The SMILES string of the molecule is Cc1nsc2c1NCCN2. The van der Waals surface area contributed by atoms with Gasteiger partial charge in [0.05, 0.1) is 11.4 Å². The molecule has 2 rings (SSSR count). The van der Waals surface area contributed by atoms with E-state index in [1.807, 2.05) is 6.92 Å². The van der Waals surface area contributed by atoms with Crippen LogP contribution in [0.2, 0.25) is 0 Å². The Labute approximate surface area is 63.6 Å². The van der Waals surface area contributed by atoms with Crippen molar-refractivity contribution in [1.82, 2.24) is 4.37 Å². The maximum atomic E-state index is 4.21. The van der Waals surface area contributed by atoms with Crippen LogP contribution < -0.4 is 10.6 Å². The van der Waals surface area contributed by atoms with Gasteiger partial charge in [0.15, 0.2) is 0 Å². The maximum Gasteiger partial charge on any atom is 0.133 e. The molecule has 1 aromatic rings. The summed E-state index contributed by atoms with van der Waals surface area (Å²) < 4.78 is 4.21. The number of hydrogen-bond acceptors (Lipinski definition) is 4. The van der Waals surface area contributed by atoms with E-state index in [9.17, 15) is 0 Å². The minimum atomic E-state index is 1.01. The highest BCUT2D eigenvalue weighted by Crippen LogP contribution is 2.31. The molecule has 4 heteroatoms. The van der Waals surface area contributed by atoms with E-state index < -0.39 is 0 Å². The van der Waals surface area contributed by atoms with Crippen molar-refractivity contribution in [3.63, 3.8) is 0 Å². The van der Waals surface area contributed by atoms with Gasteiger partial charge in [-0.15, -0.1) is 0 Å². The number of anilines is 2. The van der Waals surface area contributed by atoms with Gasteiger partial charge in [0, 0.05) is 13.1 Å². The van der Waals surface area contributed by atoms with E-state index >= 15 is 0 Å². The second-order valence-corrected chi connectivity index (χ2v) is 3.10. The van der Waals surface area contributed by atoms with Crippen LogP contribution >= 0.6 is 11.5 Å². The van der Waals surface area contributed by atoms with Gasteiger partial charge in [-0.3, -0.25) is 0 Å². The molecule has 2 N–H and O–H groups in total. The van der Waals surface area contributed by atoms with E-state index in [0.717, 1.165) is 18.8 Å². The number of nitrogens with zero attached hydrogens (tertiary/aromatic N) is 1. The predicted molar refractivity (Wildman–Crippen MR) is 43.8 cm³/mol. The Bertz CT molecular complexity index is 243. The molecule has 0 aliphatic carbocycles. The van der Waals surface area contributed by atoms with Crippen LogP contribution in [0.3, 0.4) is 0 Å². The molecule has 0 spiro atoms. The fourth-order valence-electron chi connectivity index (χ4n) is 1.06. The van der Waals surface area contributed by atoms with Crippen LogP contribution in [-0.4, -0.2) is 17.5 Å². The van der Waals surface area contributed by atoms with Gasteiger partial charge < -0.3 is 10.6 Å². The Morgan fingerprint density at radius 3 is 3.00 bits per heavy atom. The van der Waals surface area contributed by atoms with Crippen molar-refractivity contribution in [2.75, 3.05) is 23.7 Å². The van der Waals surface area contributed by atoms with Crippen LogP contribution in [0.5, 0.6) is 0 Å². The van der Waals surface area contributed by atoms with E-state index in [4.69, 9.17) is 0 Å². The number of nitrogens with one attached hydrogen (secondary N) is 2. The molecule has 0 bridgehead atoms. The Morgan fingerprint density at radius 1 is 1.40 bits per heavy atom. The van der Waals surface area contributed by atoms with Gasteiger partial charge in [-0.1, -0.05) is 0 Å². The monoisotopic (exact) mass is 155 g/mol. The third-order valence-corrected chi connectivity index (χ3v) is 2.47. The standard InChI is InChI=1S/C6H9N3S/c1-4-5-6(10-9-4)8-3-2-7-5/h7-8H,2-3H2,1H3. The minimum Gasteiger partial charge on any atom is -0.379 e. The molecule has 0 aromatic carbocycles. The summed E-state index contributed by atoms with van der Waals surface area (Å²) in [4.78, 5) is 0. The van der Waals surface area contributed by atoms with Gasteiger partial charge >= 0.3 is 0 Å². The molecule has 0 atom stereocenters. The first kappa shape index (κ1) is 5.97. The molecule has 54 valence electrons. The Balaban J connectivity index is 2.45. The number of hydrogen-bond donors (Lipinski definition) is 2. The molecular weight excluding hydrogens is 146 g/mol. The quantitative estimate of drug-likeness (QED) is 0.592. The van der Waals surface area contributed by atoms with Crippen molar-refractivity contribution in [3.8, 4) is 0 Å². The largest absolute Gasteiger partial charge is 0.379 e. The fourth-order valence-corrected chi connectivity index (χ4v) is 1.86. The van der Waals surface area contributed by atoms with Crippen molar-refractivity contribution < 1.29 is 0 Å². The summed E-state index contributed by atoms with van der Waals surface area (Å²) in [5, 5.41) is 7.76. The highest BCUT2D eigenvalue weighted by molar-refractivity contribution is 7.11. The third-order valence-electron chi connectivity index (χ3n) is 1.58. The molecule has 1 aliphatic heterocycles. The summed E-state index contributed by atoms with van der Waals surface area (Å²) in [6.07, 6.45) is 0. The molecule has 10 heavy (non-hydrogen) atoms. The summed E-state index contributed by atoms with van der Waals surface area (Å²) in [7, 11) is 0. The molecule has 0 amide bonds. The highest BCUT2D eigenvalue weighted by atomic mass is 32.1. The summed E-state index contributed by atoms with van der Waals surface area (Å²) in [5.41, 5.74) is 2.29. The second-order valence-electron chi connectivity index (χ2n) is 2.33. The zero-order valence-corrected chi connectivity index (χ0v) is 6.59. The van der Waals surface area contributed by atoms with Crippen LogP contribution in [0.25, 0.3) is 0 Å². The predicted octanol–water partition coefficient (Wildman–Crippen LogP) is 1.29. The second kappa shape index (κ2) is 2.12. The van der Waals surface area contributed by atoms with Crippen LogP contribution in [-0.2, 0) is 0 Å². The van der Waals surface area contributed by atoms with Gasteiger partial charge in [0.1, 0.15) is 5.00 Å². The van der Waals surface area contributed by atoms with Gasteiger partial charge in [-0.2, -0.15) is 4.37 Å². The molecule has 3 nitrogen and oxygen atoms in total. The maximum absolute atomic E-state index is 4.21.